The van der Waals surface area contributed by atoms with Gasteiger partial charge in [0.05, 0.1) is 22.0 Å². The molecule has 0 radical (unpaired) electrons. The molecule has 1 fully saturated rings. The van der Waals surface area contributed by atoms with E-state index >= 15 is 0 Å². The molecule has 1 spiro atoms. The number of alkyl halides is 3. The SMILES string of the molecule is C=C(CN)c1nc2n(CC(=O)Nc3ccc(C(F)(F)F)cc3Cl)c3c(c(=O)n2n1)C1(CCN(C(=O)c2ncnc(C)c2OCc2ccccc2)CC1)CC3C. The monoisotopic (exact) mass is 775 g/mol. The van der Waals surface area contributed by atoms with Gasteiger partial charge < -0.3 is 25.3 Å². The van der Waals surface area contributed by atoms with Gasteiger partial charge in [0.15, 0.2) is 17.3 Å². The summed E-state index contributed by atoms with van der Waals surface area (Å²) < 4.78 is 48.6. The highest BCUT2D eigenvalue weighted by molar-refractivity contribution is 6.33. The quantitative estimate of drug-likeness (QED) is 0.196. The van der Waals surface area contributed by atoms with Gasteiger partial charge in [0.25, 0.3) is 11.5 Å². The number of aromatic nitrogens is 6. The van der Waals surface area contributed by atoms with Crippen molar-refractivity contribution in [3.63, 3.8) is 0 Å². The standard InChI is InChI=1S/C38H37ClF3N9O4/c1-21-16-37(11-13-49(14-12-37)35(54)30-32(23(3)44-20-45-30)55-19-24-7-5-4-6-8-24)29-31(21)50(36-47-33(22(2)17-43)48-51(36)34(29)53)18-28(52)46-27-10-9-25(15-26(27)39)38(40,41)42/h4-10,15,20-21H,2,11-14,16-19,43H2,1,3H3,(H,46,52). The van der Waals surface area contributed by atoms with Crippen LogP contribution in [0.4, 0.5) is 18.9 Å². The average Bonchev–Trinajstić information content (AvgIpc) is 3.73. The molecule has 7 rings (SSSR count). The smallest absolute Gasteiger partial charge is 0.416 e. The number of aryl methyl sites for hydroxylation is 1. The predicted molar refractivity (Wildman–Crippen MR) is 198 cm³/mol. The molecular weight excluding hydrogens is 739 g/mol. The molecule has 5 aromatic rings. The molecule has 1 aliphatic carbocycles. The molecule has 2 aliphatic rings. The van der Waals surface area contributed by atoms with E-state index in [4.69, 9.17) is 22.1 Å². The summed E-state index contributed by atoms with van der Waals surface area (Å²) in [7, 11) is 0. The highest BCUT2D eigenvalue weighted by Gasteiger charge is 2.49. The summed E-state index contributed by atoms with van der Waals surface area (Å²) in [6.07, 6.45) is -1.85. The lowest BCUT2D eigenvalue weighted by Crippen LogP contribution is -2.47. The largest absolute Gasteiger partial charge is 0.485 e. The van der Waals surface area contributed by atoms with E-state index in [1.54, 1.807) is 16.4 Å². The zero-order chi connectivity index (χ0) is 39.2. The van der Waals surface area contributed by atoms with E-state index in [1.807, 2.05) is 37.3 Å². The van der Waals surface area contributed by atoms with Crippen molar-refractivity contribution < 1.29 is 27.5 Å². The molecule has 286 valence electrons. The molecule has 2 amide bonds. The molecule has 3 aromatic heterocycles. The number of piperidine rings is 1. The topological polar surface area (TPSA) is 163 Å². The Hall–Kier alpha value is -5.61. The highest BCUT2D eigenvalue weighted by Crippen LogP contribution is 2.50. The summed E-state index contributed by atoms with van der Waals surface area (Å²) in [4.78, 5) is 56.8. The van der Waals surface area contributed by atoms with Crippen LogP contribution in [0.5, 0.6) is 5.75 Å². The molecule has 1 atom stereocenters. The van der Waals surface area contributed by atoms with Crippen LogP contribution in [-0.4, -0.2) is 65.5 Å². The molecule has 55 heavy (non-hydrogen) atoms. The number of hydrogen-bond acceptors (Lipinski definition) is 9. The molecule has 4 heterocycles. The van der Waals surface area contributed by atoms with E-state index in [1.165, 1.54) is 6.33 Å². The molecule has 1 saturated heterocycles. The summed E-state index contributed by atoms with van der Waals surface area (Å²) in [6.45, 7) is 8.13. The van der Waals surface area contributed by atoms with Gasteiger partial charge in [-0.2, -0.15) is 22.7 Å². The van der Waals surface area contributed by atoms with Crippen molar-refractivity contribution in [1.82, 2.24) is 34.0 Å². The van der Waals surface area contributed by atoms with Crippen LogP contribution in [0.1, 0.15) is 76.5 Å². The Morgan fingerprint density at radius 1 is 1.13 bits per heavy atom. The fourth-order valence-corrected chi connectivity index (χ4v) is 7.88. The Morgan fingerprint density at radius 2 is 1.85 bits per heavy atom. The van der Waals surface area contributed by atoms with E-state index in [-0.39, 0.29) is 59.5 Å². The van der Waals surface area contributed by atoms with E-state index in [2.05, 4.69) is 31.9 Å². The van der Waals surface area contributed by atoms with Gasteiger partial charge in [0.2, 0.25) is 11.7 Å². The number of anilines is 1. The summed E-state index contributed by atoms with van der Waals surface area (Å²) in [5.74, 6) is -0.633. The first-order valence-corrected chi connectivity index (χ1v) is 17.9. The normalized spacial score (nSPS) is 16.3. The maximum Gasteiger partial charge on any atom is 0.416 e. The number of hydrogen-bond donors (Lipinski definition) is 2. The Kier molecular flexibility index (Phi) is 9.98. The Bertz CT molecular complexity index is 2390. The Labute approximate surface area is 318 Å². The number of ether oxygens (including phenoxy) is 1. The molecule has 2 aromatic carbocycles. The van der Waals surface area contributed by atoms with E-state index in [9.17, 15) is 27.6 Å². The number of carbonyl (C=O) groups is 2. The number of nitrogens with two attached hydrogens (primary N) is 1. The van der Waals surface area contributed by atoms with Crippen LogP contribution in [0.2, 0.25) is 5.02 Å². The van der Waals surface area contributed by atoms with E-state index in [0.717, 1.165) is 28.3 Å². The second-order valence-electron chi connectivity index (χ2n) is 13.9. The maximum absolute atomic E-state index is 14.4. The maximum atomic E-state index is 14.4. The lowest BCUT2D eigenvalue weighted by Gasteiger charge is -2.39. The molecule has 0 bridgehead atoms. The minimum atomic E-state index is -4.61. The first-order valence-electron chi connectivity index (χ1n) is 17.6. The molecule has 3 N–H and O–H groups in total. The number of likely N-dealkylation sites (tertiary alicyclic amines) is 1. The lowest BCUT2D eigenvalue weighted by atomic mass is 9.73. The van der Waals surface area contributed by atoms with Crippen LogP contribution >= 0.6 is 11.6 Å². The van der Waals surface area contributed by atoms with Crippen LogP contribution in [0.25, 0.3) is 11.4 Å². The third-order valence-corrected chi connectivity index (χ3v) is 10.6. The second-order valence-corrected chi connectivity index (χ2v) is 14.3. The average molecular weight is 776 g/mol. The molecule has 1 aliphatic heterocycles. The van der Waals surface area contributed by atoms with Crippen molar-refractivity contribution in [2.24, 2.45) is 5.73 Å². The fraction of sp³-hybridized carbons (Fsp3) is 0.342. The van der Waals surface area contributed by atoms with Gasteiger partial charge in [-0.25, -0.2) is 9.97 Å². The van der Waals surface area contributed by atoms with Gasteiger partial charge in [-0.3, -0.25) is 14.4 Å². The van der Waals surface area contributed by atoms with Crippen molar-refractivity contribution in [3.05, 3.63) is 116 Å². The molecule has 13 nitrogen and oxygen atoms in total. The van der Waals surface area contributed by atoms with Crippen molar-refractivity contribution in [1.29, 1.82) is 0 Å². The van der Waals surface area contributed by atoms with Crippen molar-refractivity contribution in [2.75, 3.05) is 25.0 Å². The van der Waals surface area contributed by atoms with Crippen molar-refractivity contribution in [3.8, 4) is 5.75 Å². The van der Waals surface area contributed by atoms with Gasteiger partial charge in [0, 0.05) is 41.9 Å². The van der Waals surface area contributed by atoms with Crippen LogP contribution in [0.15, 0.2) is 66.2 Å². The fourth-order valence-electron chi connectivity index (χ4n) is 7.65. The molecule has 0 saturated carbocycles. The molecular formula is C38H37ClF3N9O4. The number of fused-ring (bicyclic) bond motifs is 3. The zero-order valence-corrected chi connectivity index (χ0v) is 30.7. The first-order chi connectivity index (χ1) is 26.2. The summed E-state index contributed by atoms with van der Waals surface area (Å²) in [6, 6.07) is 12.2. The summed E-state index contributed by atoms with van der Waals surface area (Å²) >= 11 is 6.14. The van der Waals surface area contributed by atoms with E-state index in [0.29, 0.717) is 60.6 Å². The number of nitrogens with zero attached hydrogens (tertiary/aromatic N) is 7. The van der Waals surface area contributed by atoms with Gasteiger partial charge in [-0.05, 0) is 55.9 Å². The van der Waals surface area contributed by atoms with Gasteiger partial charge >= 0.3 is 6.18 Å². The molecule has 17 heteroatoms. The van der Waals surface area contributed by atoms with Crippen molar-refractivity contribution in [2.45, 2.75) is 63.8 Å². The second kappa shape index (κ2) is 14.6. The van der Waals surface area contributed by atoms with E-state index < -0.39 is 28.6 Å². The molecule has 1 unspecified atom stereocenters. The Balaban J connectivity index is 1.19. The van der Waals surface area contributed by atoms with Crippen LogP contribution in [0.3, 0.4) is 0 Å². The Morgan fingerprint density at radius 3 is 2.53 bits per heavy atom. The van der Waals surface area contributed by atoms with Gasteiger partial charge in [-0.1, -0.05) is 55.4 Å². The minimum Gasteiger partial charge on any atom is -0.485 e. The van der Waals surface area contributed by atoms with Crippen molar-refractivity contribution >= 4 is 40.5 Å². The summed E-state index contributed by atoms with van der Waals surface area (Å²) in [5, 5.41) is 6.75. The number of nitrogens with one attached hydrogen (secondary N) is 1. The van der Waals surface area contributed by atoms with Crippen LogP contribution in [0, 0.1) is 6.92 Å². The third kappa shape index (κ3) is 7.07. The minimum absolute atomic E-state index is 0.0129. The van der Waals surface area contributed by atoms with Gasteiger partial charge in [0.1, 0.15) is 19.5 Å². The van der Waals surface area contributed by atoms with Crippen LogP contribution in [-0.2, 0) is 29.5 Å². The first kappa shape index (κ1) is 37.7. The van der Waals surface area contributed by atoms with Crippen LogP contribution < -0.4 is 21.3 Å². The number of rotatable bonds is 9. The predicted octanol–water partition coefficient (Wildman–Crippen LogP) is 5.53. The highest BCUT2D eigenvalue weighted by atomic mass is 35.5. The van der Waals surface area contributed by atoms with Gasteiger partial charge in [-0.15, -0.1) is 5.10 Å². The number of benzene rings is 2. The number of amides is 2. The lowest BCUT2D eigenvalue weighted by molar-refractivity contribution is -0.137. The number of halogens is 4. The third-order valence-electron chi connectivity index (χ3n) is 10.3. The number of carbonyl (C=O) groups excluding carboxylic acids is 2. The zero-order valence-electron chi connectivity index (χ0n) is 30.0. The summed E-state index contributed by atoms with van der Waals surface area (Å²) in [5.41, 5.74) is 6.82.